The summed E-state index contributed by atoms with van der Waals surface area (Å²) in [5, 5.41) is 24.4. The smallest absolute Gasteiger partial charge is 0.326 e. The third-order valence-electron chi connectivity index (χ3n) is 5.63. The molecular weight excluding hydrogens is 392 g/mol. The molecule has 0 amide bonds. The Balaban J connectivity index is 1.81. The molecule has 0 spiro atoms. The van der Waals surface area contributed by atoms with Crippen molar-refractivity contribution in [2.75, 3.05) is 0 Å². The minimum absolute atomic E-state index is 0.503. The van der Waals surface area contributed by atoms with Crippen LogP contribution in [0.4, 0.5) is 0 Å². The number of carboxylic acids is 1. The molecule has 0 bridgehead atoms. The molecule has 4 rings (SSSR count). The molecule has 0 radical (unpaired) electrons. The number of para-hydroxylation sites is 1. The quantitative estimate of drug-likeness (QED) is 0.378. The number of benzene rings is 2. The van der Waals surface area contributed by atoms with Crippen LogP contribution in [0.15, 0.2) is 42.5 Å². The van der Waals surface area contributed by atoms with E-state index in [1.165, 1.54) is 0 Å². The molecular formula is C23H26N6O2. The van der Waals surface area contributed by atoms with Crippen LogP contribution in [0.25, 0.3) is 33.5 Å². The number of aromatic nitrogens is 6. The first kappa shape index (κ1) is 20.7. The van der Waals surface area contributed by atoms with Gasteiger partial charge >= 0.3 is 5.97 Å². The molecule has 8 nitrogen and oxygen atoms in total. The number of carboxylic acid groups (broad SMARTS) is 1. The Morgan fingerprint density at radius 1 is 1.06 bits per heavy atom. The van der Waals surface area contributed by atoms with Gasteiger partial charge in [-0.25, -0.2) is 9.78 Å². The third-order valence-corrected chi connectivity index (χ3v) is 5.63. The summed E-state index contributed by atoms with van der Waals surface area (Å²) >= 11 is 0. The maximum absolute atomic E-state index is 12.1. The largest absolute Gasteiger partial charge is 0.480 e. The fourth-order valence-corrected chi connectivity index (χ4v) is 4.16. The van der Waals surface area contributed by atoms with Crippen LogP contribution < -0.4 is 0 Å². The van der Waals surface area contributed by atoms with Crippen LogP contribution in [0, 0.1) is 6.92 Å². The molecule has 160 valence electrons. The molecule has 2 heterocycles. The van der Waals surface area contributed by atoms with Gasteiger partial charge in [-0.3, -0.25) is 0 Å². The van der Waals surface area contributed by atoms with E-state index in [9.17, 15) is 9.90 Å². The fraction of sp³-hybridized carbons (Fsp3) is 0.348. The van der Waals surface area contributed by atoms with E-state index in [0.29, 0.717) is 18.1 Å². The number of fused-ring (bicyclic) bond motifs is 1. The summed E-state index contributed by atoms with van der Waals surface area (Å²) in [6.07, 6.45) is 4.74. The zero-order chi connectivity index (χ0) is 21.8. The van der Waals surface area contributed by atoms with Gasteiger partial charge in [-0.1, -0.05) is 69.0 Å². The number of H-pyrrole nitrogens is 1. The van der Waals surface area contributed by atoms with Crippen molar-refractivity contribution in [3.05, 3.63) is 48.3 Å². The Hall–Kier alpha value is -3.55. The molecule has 0 fully saturated rings. The van der Waals surface area contributed by atoms with Crippen LogP contribution in [0.3, 0.4) is 0 Å². The number of aryl methyl sites for hydroxylation is 1. The van der Waals surface area contributed by atoms with Gasteiger partial charge in [0.1, 0.15) is 11.9 Å². The van der Waals surface area contributed by atoms with Crippen LogP contribution in [-0.2, 0) is 4.79 Å². The topological polar surface area (TPSA) is 110 Å². The molecule has 2 N–H and O–H groups in total. The number of tetrazole rings is 1. The van der Waals surface area contributed by atoms with E-state index in [1.54, 1.807) is 0 Å². The van der Waals surface area contributed by atoms with Gasteiger partial charge in [0.2, 0.25) is 5.82 Å². The van der Waals surface area contributed by atoms with Crippen molar-refractivity contribution < 1.29 is 9.90 Å². The molecule has 0 aliphatic heterocycles. The Morgan fingerprint density at radius 2 is 1.84 bits per heavy atom. The summed E-state index contributed by atoms with van der Waals surface area (Å²) in [7, 11) is 0. The monoisotopic (exact) mass is 418 g/mol. The molecule has 4 aromatic rings. The number of aliphatic carboxylic acids is 1. The van der Waals surface area contributed by atoms with E-state index in [-0.39, 0.29) is 0 Å². The summed E-state index contributed by atoms with van der Waals surface area (Å²) in [6, 6.07) is 13.1. The molecule has 2 aromatic heterocycles. The van der Waals surface area contributed by atoms with Crippen LogP contribution >= 0.6 is 0 Å². The van der Waals surface area contributed by atoms with Crippen LogP contribution in [-0.4, -0.2) is 41.3 Å². The lowest BCUT2D eigenvalue weighted by molar-refractivity contribution is -0.141. The number of imidazole rings is 1. The van der Waals surface area contributed by atoms with Crippen molar-refractivity contribution in [3.63, 3.8) is 0 Å². The predicted molar refractivity (Wildman–Crippen MR) is 119 cm³/mol. The van der Waals surface area contributed by atoms with E-state index in [1.807, 2.05) is 54.0 Å². The second kappa shape index (κ2) is 9.07. The van der Waals surface area contributed by atoms with Gasteiger partial charge in [0.15, 0.2) is 0 Å². The summed E-state index contributed by atoms with van der Waals surface area (Å²) in [5.74, 6) is 0.377. The van der Waals surface area contributed by atoms with Gasteiger partial charge in [-0.05, 0) is 30.2 Å². The van der Waals surface area contributed by atoms with Crippen LogP contribution in [0.1, 0.15) is 50.9 Å². The van der Waals surface area contributed by atoms with Gasteiger partial charge in [-0.2, -0.15) is 5.21 Å². The minimum Gasteiger partial charge on any atom is -0.480 e. The second-order valence-electron chi connectivity index (χ2n) is 7.69. The maximum Gasteiger partial charge on any atom is 0.326 e. The van der Waals surface area contributed by atoms with Crippen molar-refractivity contribution in [3.8, 4) is 22.5 Å². The van der Waals surface area contributed by atoms with E-state index in [2.05, 4.69) is 27.5 Å². The van der Waals surface area contributed by atoms with E-state index in [4.69, 9.17) is 4.98 Å². The molecule has 1 unspecified atom stereocenters. The first-order valence-electron chi connectivity index (χ1n) is 10.7. The number of hydrogen-bond acceptors (Lipinski definition) is 5. The van der Waals surface area contributed by atoms with Gasteiger partial charge in [0, 0.05) is 11.1 Å². The molecule has 2 aromatic carbocycles. The van der Waals surface area contributed by atoms with Crippen LogP contribution in [0.5, 0.6) is 0 Å². The summed E-state index contributed by atoms with van der Waals surface area (Å²) < 4.78 is 1.87. The van der Waals surface area contributed by atoms with Crippen molar-refractivity contribution in [2.45, 2.75) is 52.0 Å². The van der Waals surface area contributed by atoms with Crippen molar-refractivity contribution in [1.82, 2.24) is 30.2 Å². The molecule has 0 aliphatic carbocycles. The van der Waals surface area contributed by atoms with Gasteiger partial charge in [0.25, 0.3) is 0 Å². The second-order valence-corrected chi connectivity index (χ2v) is 7.69. The predicted octanol–water partition coefficient (Wildman–Crippen LogP) is 4.79. The Kier molecular flexibility index (Phi) is 6.06. The van der Waals surface area contributed by atoms with Crippen molar-refractivity contribution >= 4 is 17.0 Å². The maximum atomic E-state index is 12.1. The van der Waals surface area contributed by atoms with E-state index in [0.717, 1.165) is 53.4 Å². The highest BCUT2D eigenvalue weighted by Crippen LogP contribution is 2.36. The van der Waals surface area contributed by atoms with E-state index >= 15 is 0 Å². The lowest BCUT2D eigenvalue weighted by Crippen LogP contribution is -2.20. The number of nitrogens with zero attached hydrogens (tertiary/aromatic N) is 5. The number of hydrogen-bond donors (Lipinski definition) is 2. The first-order chi connectivity index (χ1) is 15.1. The van der Waals surface area contributed by atoms with Crippen LogP contribution in [0.2, 0.25) is 0 Å². The fourth-order valence-electron chi connectivity index (χ4n) is 4.16. The Morgan fingerprint density at radius 3 is 2.55 bits per heavy atom. The summed E-state index contributed by atoms with van der Waals surface area (Å²) in [5.41, 5.74) is 4.27. The average molecular weight is 419 g/mol. The zero-order valence-electron chi connectivity index (χ0n) is 17.7. The molecule has 8 heteroatoms. The highest BCUT2D eigenvalue weighted by molar-refractivity contribution is 5.97. The number of aromatic amines is 1. The molecule has 0 aliphatic rings. The molecule has 0 saturated carbocycles. The highest BCUT2D eigenvalue weighted by atomic mass is 16.4. The number of nitrogens with one attached hydrogen (secondary N) is 1. The highest BCUT2D eigenvalue weighted by Gasteiger charge is 2.25. The SMILES string of the molecule is CCCCCCC(C(=O)O)n1c(C)nc2c(-c3ccccc3-c3nn[nH]n3)cccc21. The Labute approximate surface area is 180 Å². The zero-order valence-corrected chi connectivity index (χ0v) is 17.7. The molecule has 0 saturated heterocycles. The number of carbonyl (C=O) groups is 1. The summed E-state index contributed by atoms with van der Waals surface area (Å²) in [6.45, 7) is 4.02. The first-order valence-corrected chi connectivity index (χ1v) is 10.7. The van der Waals surface area contributed by atoms with E-state index < -0.39 is 12.0 Å². The van der Waals surface area contributed by atoms with Crippen molar-refractivity contribution in [1.29, 1.82) is 0 Å². The molecule has 31 heavy (non-hydrogen) atoms. The Bertz CT molecular complexity index is 1180. The average Bonchev–Trinajstić information content (AvgIpc) is 3.41. The van der Waals surface area contributed by atoms with Gasteiger partial charge < -0.3 is 9.67 Å². The number of unbranched alkanes of at least 4 members (excludes halogenated alkanes) is 3. The van der Waals surface area contributed by atoms with Gasteiger partial charge in [0.05, 0.1) is 11.0 Å². The third kappa shape index (κ3) is 4.05. The lowest BCUT2D eigenvalue weighted by Gasteiger charge is -2.17. The standard InChI is InChI=1S/C23H26N6O2/c1-3-4-5-6-13-20(23(30)31)29-15(2)24-21-17(12-9-14-19(21)29)16-10-7-8-11-18(16)22-25-27-28-26-22/h7-12,14,20H,3-6,13H2,1-2H3,(H,30,31)(H,25,26,27,28). The number of rotatable bonds is 9. The minimum atomic E-state index is -0.823. The molecule has 1 atom stereocenters. The summed E-state index contributed by atoms with van der Waals surface area (Å²) in [4.78, 5) is 16.9. The lowest BCUT2D eigenvalue weighted by atomic mass is 9.98. The normalized spacial score (nSPS) is 12.3. The van der Waals surface area contributed by atoms with Gasteiger partial charge in [-0.15, -0.1) is 10.2 Å². The van der Waals surface area contributed by atoms with Crippen molar-refractivity contribution in [2.24, 2.45) is 0 Å².